The second-order valence-corrected chi connectivity index (χ2v) is 12.9. The van der Waals surface area contributed by atoms with E-state index in [4.69, 9.17) is 32.5 Å². The van der Waals surface area contributed by atoms with Crippen LogP contribution in [0.25, 0.3) is 0 Å². The molecule has 0 aliphatic rings. The molecule has 0 saturated heterocycles. The van der Waals surface area contributed by atoms with Crippen LogP contribution >= 0.6 is 8.60 Å². The minimum Gasteiger partial charge on any atom is -0.464 e. The zero-order valence-corrected chi connectivity index (χ0v) is 30.9. The van der Waals surface area contributed by atoms with Crippen LogP contribution in [0.15, 0.2) is 91.0 Å². The fourth-order valence-corrected chi connectivity index (χ4v) is 5.86. The highest BCUT2D eigenvalue weighted by Crippen LogP contribution is 2.48. The van der Waals surface area contributed by atoms with Crippen molar-refractivity contribution >= 4 is 38.8 Å². The lowest BCUT2D eigenvalue weighted by molar-refractivity contribution is -0.240. The fraction of sp³-hybridized carbons (Fsp3) is 0.378. The van der Waals surface area contributed by atoms with Gasteiger partial charge in [0.05, 0.1) is 25.9 Å². The number of hydrogen-bond donors (Lipinski definition) is 2. The van der Waals surface area contributed by atoms with Crippen LogP contribution < -0.4 is 10.6 Å². The van der Waals surface area contributed by atoms with E-state index in [2.05, 4.69) is 5.32 Å². The summed E-state index contributed by atoms with van der Waals surface area (Å²) >= 11 is 0. The molecule has 0 saturated carbocycles. The molecule has 3 atom stereocenters. The first-order valence-electron chi connectivity index (χ1n) is 16.9. The van der Waals surface area contributed by atoms with E-state index in [9.17, 15) is 37.1 Å². The minimum absolute atomic E-state index is 0.0424. The molecule has 2 amide bonds. The maximum absolute atomic E-state index is 14.3. The molecular weight excluding hydrogens is 752 g/mol. The van der Waals surface area contributed by atoms with E-state index in [1.54, 1.807) is 78.9 Å². The molecule has 18 heteroatoms. The molecule has 0 bridgehead atoms. The van der Waals surface area contributed by atoms with Crippen molar-refractivity contribution in [1.82, 2.24) is 10.6 Å². The highest BCUT2D eigenvalue weighted by molar-refractivity contribution is 7.41. The van der Waals surface area contributed by atoms with Gasteiger partial charge in [-0.3, -0.25) is 23.7 Å². The van der Waals surface area contributed by atoms with E-state index in [1.807, 2.05) is 12.1 Å². The van der Waals surface area contributed by atoms with Crippen LogP contribution in [0.4, 0.5) is 13.2 Å². The summed E-state index contributed by atoms with van der Waals surface area (Å²) in [5, 5.41) is 3.81. The van der Waals surface area contributed by atoms with Crippen molar-refractivity contribution < 1.29 is 69.7 Å². The monoisotopic (exact) mass is 794 g/mol. The first kappa shape index (κ1) is 44.5. The van der Waals surface area contributed by atoms with Crippen molar-refractivity contribution in [3.8, 4) is 0 Å². The molecule has 0 spiro atoms. The Kier molecular flexibility index (Phi) is 18.7. The van der Waals surface area contributed by atoms with Crippen molar-refractivity contribution in [2.75, 3.05) is 19.7 Å². The summed E-state index contributed by atoms with van der Waals surface area (Å²) in [6, 6.07) is 26.5. The van der Waals surface area contributed by atoms with E-state index < -0.39 is 76.0 Å². The average Bonchev–Trinajstić information content (AvgIpc) is 3.16. The van der Waals surface area contributed by atoms with E-state index in [-0.39, 0.29) is 39.3 Å². The Balaban J connectivity index is 1.98. The minimum atomic E-state index is -5.22. The van der Waals surface area contributed by atoms with E-state index in [0.29, 0.717) is 5.56 Å². The van der Waals surface area contributed by atoms with Crippen LogP contribution in [0, 0.1) is 0 Å². The predicted octanol–water partition coefficient (Wildman–Crippen LogP) is 5.19. The summed E-state index contributed by atoms with van der Waals surface area (Å²) in [6.07, 6.45) is -7.96. The lowest BCUT2D eigenvalue weighted by Gasteiger charge is -2.36. The van der Waals surface area contributed by atoms with Crippen molar-refractivity contribution in [2.45, 2.75) is 70.7 Å². The van der Waals surface area contributed by atoms with Gasteiger partial charge in [-0.05, 0) is 23.6 Å². The molecular formula is C37H42F3N2O12P. The molecule has 3 aromatic carbocycles. The molecule has 0 aliphatic heterocycles. The van der Waals surface area contributed by atoms with Crippen molar-refractivity contribution in [2.24, 2.45) is 0 Å². The molecule has 298 valence electrons. The number of carbonyl (C=O) groups excluding carboxylic acids is 5. The Morgan fingerprint density at radius 1 is 0.800 bits per heavy atom. The first-order chi connectivity index (χ1) is 26.3. The molecule has 0 fully saturated rings. The van der Waals surface area contributed by atoms with E-state index >= 15 is 0 Å². The van der Waals surface area contributed by atoms with Gasteiger partial charge < -0.3 is 38.6 Å². The number of rotatable bonds is 24. The zero-order chi connectivity index (χ0) is 40.1. The Bertz CT molecular complexity index is 1600. The standard InChI is InChI=1S/C37H42F3N2O12P/c1-27(20-32(25-48-26-43)52-28(2)44)53-36(35(47)49-22-29-12-6-3-7-13-29,18-19-41-33(45)21-42-34(46)37(38,39)40)54-55(50-23-30-14-8-4-9-15-30)51-24-31-16-10-5-11-17-31/h3-17,26-27,32H,18-25H2,1-2H3,(H,41,45)(H,42,46). The summed E-state index contributed by atoms with van der Waals surface area (Å²) in [5.74, 6) is -7.60. The second kappa shape index (κ2) is 23.1. The average molecular weight is 795 g/mol. The summed E-state index contributed by atoms with van der Waals surface area (Å²) in [4.78, 5) is 60.8. The predicted molar refractivity (Wildman–Crippen MR) is 189 cm³/mol. The molecule has 0 aromatic heterocycles. The molecule has 0 radical (unpaired) electrons. The zero-order valence-electron chi connectivity index (χ0n) is 30.0. The van der Waals surface area contributed by atoms with Crippen molar-refractivity contribution in [1.29, 1.82) is 0 Å². The molecule has 0 heterocycles. The Hall–Kier alpha value is -4.93. The quantitative estimate of drug-likeness (QED) is 0.0400. The summed E-state index contributed by atoms with van der Waals surface area (Å²) in [6.45, 7) is 0.630. The first-order valence-corrected chi connectivity index (χ1v) is 17.9. The fourth-order valence-electron chi connectivity index (χ4n) is 4.72. The third-order valence-electron chi connectivity index (χ3n) is 7.22. The highest BCUT2D eigenvalue weighted by atomic mass is 31.2. The SMILES string of the molecule is CC(=O)OC(COC=O)CC(C)OC(CCNC(=O)CNC(=O)C(F)(F)F)(OP(OCc1ccccc1)OCc1ccccc1)C(=O)OCc1ccccc1. The number of alkyl halides is 3. The van der Waals surface area contributed by atoms with Gasteiger partial charge in [0.2, 0.25) is 5.91 Å². The van der Waals surface area contributed by atoms with Crippen LogP contribution in [-0.2, 0) is 76.3 Å². The number of esters is 2. The van der Waals surface area contributed by atoms with Gasteiger partial charge in [0.25, 0.3) is 12.3 Å². The third-order valence-corrected chi connectivity index (χ3v) is 8.34. The van der Waals surface area contributed by atoms with Gasteiger partial charge in [-0.1, -0.05) is 91.0 Å². The Labute approximate surface area is 316 Å². The maximum atomic E-state index is 14.3. The van der Waals surface area contributed by atoms with Crippen LogP contribution in [0.5, 0.6) is 0 Å². The number of hydrogen-bond acceptors (Lipinski definition) is 12. The van der Waals surface area contributed by atoms with E-state index in [0.717, 1.165) is 18.1 Å². The number of amides is 2. The second-order valence-electron chi connectivity index (χ2n) is 11.8. The smallest absolute Gasteiger partial charge is 0.464 e. The summed E-state index contributed by atoms with van der Waals surface area (Å²) in [7, 11) is -2.50. The number of ether oxygens (including phenoxy) is 4. The maximum Gasteiger partial charge on any atom is 0.471 e. The largest absolute Gasteiger partial charge is 0.471 e. The molecule has 0 aliphatic carbocycles. The summed E-state index contributed by atoms with van der Waals surface area (Å²) < 4.78 is 78.6. The number of halogens is 3. The van der Waals surface area contributed by atoms with Crippen LogP contribution in [0.2, 0.25) is 0 Å². The lowest BCUT2D eigenvalue weighted by Crippen LogP contribution is -2.50. The number of benzene rings is 3. The molecule has 14 nitrogen and oxygen atoms in total. The molecule has 3 rings (SSSR count). The third kappa shape index (κ3) is 17.0. The molecule has 3 unspecified atom stereocenters. The lowest BCUT2D eigenvalue weighted by atomic mass is 10.1. The topological polar surface area (TPSA) is 174 Å². The normalized spacial score (nSPS) is 13.5. The van der Waals surface area contributed by atoms with Crippen molar-refractivity contribution in [3.05, 3.63) is 108 Å². The van der Waals surface area contributed by atoms with Gasteiger partial charge >= 0.3 is 32.6 Å². The van der Waals surface area contributed by atoms with Crippen molar-refractivity contribution in [3.63, 3.8) is 0 Å². The van der Waals surface area contributed by atoms with Crippen LogP contribution in [0.3, 0.4) is 0 Å². The van der Waals surface area contributed by atoms with Crippen LogP contribution in [-0.4, -0.2) is 74.1 Å². The van der Waals surface area contributed by atoms with E-state index in [1.165, 1.54) is 12.2 Å². The Morgan fingerprint density at radius 3 is 1.82 bits per heavy atom. The Morgan fingerprint density at radius 2 is 1.33 bits per heavy atom. The van der Waals surface area contributed by atoms with Gasteiger partial charge in [0.15, 0.2) is 0 Å². The van der Waals surface area contributed by atoms with Gasteiger partial charge in [-0.15, -0.1) is 0 Å². The van der Waals surface area contributed by atoms with Gasteiger partial charge in [0, 0.05) is 26.3 Å². The molecule has 55 heavy (non-hydrogen) atoms. The van der Waals surface area contributed by atoms with Gasteiger partial charge in [-0.2, -0.15) is 13.2 Å². The molecule has 3 aromatic rings. The number of carbonyl (C=O) groups is 5. The van der Waals surface area contributed by atoms with Crippen LogP contribution in [0.1, 0.15) is 43.4 Å². The highest BCUT2D eigenvalue weighted by Gasteiger charge is 2.48. The summed E-state index contributed by atoms with van der Waals surface area (Å²) in [5.41, 5.74) is 2.04. The molecule has 2 N–H and O–H groups in total. The van der Waals surface area contributed by atoms with Gasteiger partial charge in [0.1, 0.15) is 19.3 Å². The number of nitrogens with one attached hydrogen (secondary N) is 2. The van der Waals surface area contributed by atoms with Gasteiger partial charge in [-0.25, -0.2) is 4.79 Å².